The van der Waals surface area contributed by atoms with Crippen LogP contribution < -0.4 is 4.90 Å². The fourth-order valence-corrected chi connectivity index (χ4v) is 2.09. The Balaban J connectivity index is 2.44. The third-order valence-corrected chi connectivity index (χ3v) is 3.00. The van der Waals surface area contributed by atoms with E-state index in [-0.39, 0.29) is 0 Å². The SMILES string of the molecule is Cc1ccccc1N(C)c1ncncc1Br. The number of hydrogen-bond donors (Lipinski definition) is 0. The Bertz CT molecular complexity index is 454. The largest absolute Gasteiger partial charge is 0.328 e. The zero-order valence-corrected chi connectivity index (χ0v) is 10.8. The first-order valence-electron chi connectivity index (χ1n) is 4.95. The van der Waals surface area contributed by atoms with Gasteiger partial charge in [-0.2, -0.15) is 0 Å². The molecule has 1 heterocycles. The summed E-state index contributed by atoms with van der Waals surface area (Å²) in [5.41, 5.74) is 2.36. The van der Waals surface area contributed by atoms with Crippen LogP contribution in [0.25, 0.3) is 0 Å². The van der Waals surface area contributed by atoms with Crippen LogP contribution in [0.5, 0.6) is 0 Å². The summed E-state index contributed by atoms with van der Waals surface area (Å²) in [4.78, 5) is 10.3. The molecule has 0 radical (unpaired) electrons. The molecule has 3 nitrogen and oxygen atoms in total. The van der Waals surface area contributed by atoms with Crippen molar-refractivity contribution in [1.82, 2.24) is 9.97 Å². The fraction of sp³-hybridized carbons (Fsp3) is 0.167. The Morgan fingerprint density at radius 1 is 1.25 bits per heavy atom. The van der Waals surface area contributed by atoms with Crippen LogP contribution in [0.4, 0.5) is 11.5 Å². The van der Waals surface area contributed by atoms with E-state index in [9.17, 15) is 0 Å². The van der Waals surface area contributed by atoms with E-state index >= 15 is 0 Å². The van der Waals surface area contributed by atoms with Gasteiger partial charge in [0.25, 0.3) is 0 Å². The number of aromatic nitrogens is 2. The van der Waals surface area contributed by atoms with E-state index in [1.54, 1.807) is 12.5 Å². The molecule has 0 saturated heterocycles. The third-order valence-electron chi connectivity index (χ3n) is 2.44. The van der Waals surface area contributed by atoms with Gasteiger partial charge in [-0.1, -0.05) is 18.2 Å². The van der Waals surface area contributed by atoms with Crippen molar-refractivity contribution in [2.24, 2.45) is 0 Å². The van der Waals surface area contributed by atoms with E-state index < -0.39 is 0 Å². The molecular formula is C12H12BrN3. The number of rotatable bonds is 2. The smallest absolute Gasteiger partial charge is 0.150 e. The normalized spacial score (nSPS) is 10.2. The molecule has 0 bridgehead atoms. The Hall–Kier alpha value is -1.42. The van der Waals surface area contributed by atoms with Crippen LogP contribution in [0.15, 0.2) is 41.3 Å². The minimum atomic E-state index is 0.865. The van der Waals surface area contributed by atoms with Crippen molar-refractivity contribution >= 4 is 27.4 Å². The van der Waals surface area contributed by atoms with Gasteiger partial charge in [0, 0.05) is 18.9 Å². The number of nitrogens with zero attached hydrogens (tertiary/aromatic N) is 3. The Morgan fingerprint density at radius 3 is 2.69 bits per heavy atom. The molecule has 0 aliphatic carbocycles. The third kappa shape index (κ3) is 2.07. The van der Waals surface area contributed by atoms with Gasteiger partial charge in [-0.3, -0.25) is 0 Å². The van der Waals surface area contributed by atoms with Gasteiger partial charge in [-0.15, -0.1) is 0 Å². The van der Waals surface area contributed by atoms with E-state index in [1.807, 2.05) is 24.1 Å². The number of aryl methyl sites for hydroxylation is 1. The lowest BCUT2D eigenvalue weighted by atomic mass is 10.2. The first-order chi connectivity index (χ1) is 7.70. The second kappa shape index (κ2) is 4.61. The molecule has 0 unspecified atom stereocenters. The second-order valence-corrected chi connectivity index (χ2v) is 4.39. The van der Waals surface area contributed by atoms with E-state index in [4.69, 9.17) is 0 Å². The monoisotopic (exact) mass is 277 g/mol. The molecule has 0 aliphatic rings. The highest BCUT2D eigenvalue weighted by Crippen LogP contribution is 2.29. The molecule has 82 valence electrons. The van der Waals surface area contributed by atoms with Crippen molar-refractivity contribution < 1.29 is 0 Å². The average Bonchev–Trinajstić information content (AvgIpc) is 2.29. The van der Waals surface area contributed by atoms with Crippen LogP contribution in [0.2, 0.25) is 0 Å². The van der Waals surface area contributed by atoms with E-state index in [1.165, 1.54) is 5.56 Å². The summed E-state index contributed by atoms with van der Waals surface area (Å²) >= 11 is 3.45. The van der Waals surface area contributed by atoms with Gasteiger partial charge in [0.2, 0.25) is 0 Å². The van der Waals surface area contributed by atoms with Crippen molar-refractivity contribution in [3.8, 4) is 0 Å². The molecule has 1 aromatic heterocycles. The van der Waals surface area contributed by atoms with Crippen LogP contribution in [-0.4, -0.2) is 17.0 Å². The first kappa shape index (κ1) is 11.1. The average molecular weight is 278 g/mol. The minimum Gasteiger partial charge on any atom is -0.328 e. The molecule has 2 rings (SSSR count). The van der Waals surface area contributed by atoms with E-state index in [0.717, 1.165) is 16.0 Å². The van der Waals surface area contributed by atoms with Crippen LogP contribution in [-0.2, 0) is 0 Å². The lowest BCUT2D eigenvalue weighted by Gasteiger charge is -2.20. The minimum absolute atomic E-state index is 0.865. The molecule has 0 N–H and O–H groups in total. The maximum Gasteiger partial charge on any atom is 0.150 e. The quantitative estimate of drug-likeness (QED) is 0.843. The maximum atomic E-state index is 4.26. The van der Waals surface area contributed by atoms with E-state index in [2.05, 4.69) is 45.0 Å². The van der Waals surface area contributed by atoms with Gasteiger partial charge < -0.3 is 4.90 Å². The fourth-order valence-electron chi connectivity index (χ4n) is 1.61. The molecular weight excluding hydrogens is 266 g/mol. The van der Waals surface area contributed by atoms with Crippen molar-refractivity contribution in [3.05, 3.63) is 46.8 Å². The molecule has 1 aromatic carbocycles. The Labute approximate surface area is 103 Å². The summed E-state index contributed by atoms with van der Waals surface area (Å²) in [6, 6.07) is 8.21. The number of para-hydroxylation sites is 1. The van der Waals surface area contributed by atoms with Gasteiger partial charge in [0.1, 0.15) is 6.33 Å². The molecule has 0 atom stereocenters. The van der Waals surface area contributed by atoms with Crippen molar-refractivity contribution in [2.45, 2.75) is 6.92 Å². The van der Waals surface area contributed by atoms with Crippen LogP contribution in [0.1, 0.15) is 5.56 Å². The maximum absolute atomic E-state index is 4.26. The second-order valence-electron chi connectivity index (χ2n) is 3.54. The number of halogens is 1. The molecule has 0 aliphatic heterocycles. The standard InChI is InChI=1S/C12H12BrN3/c1-9-5-3-4-6-11(9)16(2)12-10(13)7-14-8-15-12/h3-8H,1-2H3. The van der Waals surface area contributed by atoms with Crippen LogP contribution in [0, 0.1) is 6.92 Å². The summed E-state index contributed by atoms with van der Waals surface area (Å²) in [5.74, 6) is 0.865. The van der Waals surface area contributed by atoms with E-state index in [0.29, 0.717) is 0 Å². The number of hydrogen-bond acceptors (Lipinski definition) is 3. The van der Waals surface area contributed by atoms with Gasteiger partial charge >= 0.3 is 0 Å². The summed E-state index contributed by atoms with van der Waals surface area (Å²) in [6.07, 6.45) is 3.30. The zero-order valence-electron chi connectivity index (χ0n) is 9.18. The Morgan fingerprint density at radius 2 is 2.00 bits per heavy atom. The zero-order chi connectivity index (χ0) is 11.5. The molecule has 4 heteroatoms. The van der Waals surface area contributed by atoms with Crippen LogP contribution in [0.3, 0.4) is 0 Å². The number of benzene rings is 1. The predicted molar refractivity (Wildman–Crippen MR) is 69.0 cm³/mol. The highest BCUT2D eigenvalue weighted by Gasteiger charge is 2.10. The summed E-state index contributed by atoms with van der Waals surface area (Å²) in [7, 11) is 2.00. The van der Waals surface area contributed by atoms with Gasteiger partial charge in [-0.05, 0) is 34.5 Å². The molecule has 0 fully saturated rings. The molecule has 0 saturated carbocycles. The number of anilines is 2. The van der Waals surface area contributed by atoms with Gasteiger partial charge in [0.15, 0.2) is 5.82 Å². The molecule has 0 amide bonds. The molecule has 16 heavy (non-hydrogen) atoms. The van der Waals surface area contributed by atoms with Gasteiger partial charge in [-0.25, -0.2) is 9.97 Å². The lowest BCUT2D eigenvalue weighted by molar-refractivity contribution is 1.06. The highest BCUT2D eigenvalue weighted by atomic mass is 79.9. The summed E-state index contributed by atoms with van der Waals surface area (Å²) in [5, 5.41) is 0. The summed E-state index contributed by atoms with van der Waals surface area (Å²) in [6.45, 7) is 2.08. The Kier molecular flexibility index (Phi) is 3.19. The molecule has 0 spiro atoms. The highest BCUT2D eigenvalue weighted by molar-refractivity contribution is 9.10. The van der Waals surface area contributed by atoms with Crippen molar-refractivity contribution in [3.63, 3.8) is 0 Å². The van der Waals surface area contributed by atoms with Crippen molar-refractivity contribution in [1.29, 1.82) is 0 Å². The van der Waals surface area contributed by atoms with Crippen LogP contribution >= 0.6 is 15.9 Å². The van der Waals surface area contributed by atoms with Crippen molar-refractivity contribution in [2.75, 3.05) is 11.9 Å². The van der Waals surface area contributed by atoms with Gasteiger partial charge in [0.05, 0.1) is 4.47 Å². The lowest BCUT2D eigenvalue weighted by Crippen LogP contribution is -2.13. The predicted octanol–water partition coefficient (Wildman–Crippen LogP) is 3.32. The first-order valence-corrected chi connectivity index (χ1v) is 5.74. The summed E-state index contributed by atoms with van der Waals surface area (Å²) < 4.78 is 0.890. The molecule has 2 aromatic rings. The topological polar surface area (TPSA) is 29.0 Å².